The summed E-state index contributed by atoms with van der Waals surface area (Å²) in [6.45, 7) is 9.17. The molecule has 47 heavy (non-hydrogen) atoms. The van der Waals surface area contributed by atoms with Crippen LogP contribution in [0.3, 0.4) is 0 Å². The quantitative estimate of drug-likeness (QED) is 0.127. The standard InChI is InChI=1S/C41H35N4Si.Pt/c1-28-12-10-13-29(2)41(28)30-22-23-42-40(24-30)45-36-17-7-6-16-34(36)35-21-20-33(26-39(35)45)46(4,5)32-15-11-14-31(25-32)44-27-43(3)37-18-8-9-19-38(37)44;/h6-24,27H,1-5H3;/q-1;. The van der Waals surface area contributed by atoms with E-state index in [9.17, 15) is 0 Å². The van der Waals surface area contributed by atoms with Crippen molar-refractivity contribution < 1.29 is 21.1 Å². The van der Waals surface area contributed by atoms with Crippen molar-refractivity contribution in [3.05, 3.63) is 145 Å². The minimum absolute atomic E-state index is 0. The van der Waals surface area contributed by atoms with Gasteiger partial charge in [0.2, 0.25) is 0 Å². The first-order valence-electron chi connectivity index (χ1n) is 15.8. The number of aromatic nitrogens is 4. The molecular formula is C41H35N4PtSi-. The minimum atomic E-state index is -2.21. The molecule has 0 aliphatic heterocycles. The van der Waals surface area contributed by atoms with Gasteiger partial charge in [0.25, 0.3) is 0 Å². The predicted octanol–water partition coefficient (Wildman–Crippen LogP) is 8.45. The first-order chi connectivity index (χ1) is 22.3. The summed E-state index contributed by atoms with van der Waals surface area (Å²) in [5.41, 5.74) is 10.6. The number of nitrogens with zero attached hydrogens (tertiary/aromatic N) is 4. The molecule has 0 atom stereocenters. The Bertz CT molecular complexity index is 2430. The van der Waals surface area contributed by atoms with Crippen LogP contribution >= 0.6 is 0 Å². The molecule has 8 rings (SSSR count). The molecule has 0 aliphatic carbocycles. The first-order valence-corrected chi connectivity index (χ1v) is 18.8. The number of hydrogen-bond donors (Lipinski definition) is 0. The molecule has 0 N–H and O–H groups in total. The van der Waals surface area contributed by atoms with Crippen LogP contribution in [0.4, 0.5) is 0 Å². The molecule has 0 spiro atoms. The topological polar surface area (TPSA) is 27.7 Å². The van der Waals surface area contributed by atoms with Crippen molar-refractivity contribution in [1.29, 1.82) is 0 Å². The number of para-hydroxylation sites is 3. The number of aryl methyl sites for hydroxylation is 3. The molecule has 234 valence electrons. The maximum atomic E-state index is 4.93. The summed E-state index contributed by atoms with van der Waals surface area (Å²) in [7, 11) is -0.119. The van der Waals surface area contributed by atoms with E-state index >= 15 is 0 Å². The van der Waals surface area contributed by atoms with Crippen molar-refractivity contribution in [2.75, 3.05) is 0 Å². The third-order valence-electron chi connectivity index (χ3n) is 9.52. The van der Waals surface area contributed by atoms with Crippen molar-refractivity contribution in [3.63, 3.8) is 0 Å². The second kappa shape index (κ2) is 11.9. The van der Waals surface area contributed by atoms with Crippen LogP contribution in [0.5, 0.6) is 0 Å². The van der Waals surface area contributed by atoms with Gasteiger partial charge in [-0.2, -0.15) is 40.7 Å². The van der Waals surface area contributed by atoms with Gasteiger partial charge in [-0.25, -0.2) is 14.1 Å². The number of fused-ring (bicyclic) bond motifs is 4. The third kappa shape index (κ3) is 5.09. The SMILES string of the molecule is Cc1cccc(C)c1-c1ccnc(-n2c3[c-]c([Si](C)(C)c4[c-]c(-n5[cH+]n(C)c6ccccc65)ccc4)ccc3c3ccccc32)c1.[Pt]. The summed E-state index contributed by atoms with van der Waals surface area (Å²) in [4.78, 5) is 4.93. The van der Waals surface area contributed by atoms with Gasteiger partial charge in [-0.05, 0) is 71.8 Å². The van der Waals surface area contributed by atoms with Crippen molar-refractivity contribution in [2.45, 2.75) is 26.9 Å². The Labute approximate surface area is 291 Å². The molecule has 6 heteroatoms. The number of pyridine rings is 1. The Morgan fingerprint density at radius 2 is 1.36 bits per heavy atom. The van der Waals surface area contributed by atoms with E-state index in [4.69, 9.17) is 4.98 Å². The molecule has 5 aromatic carbocycles. The van der Waals surface area contributed by atoms with E-state index < -0.39 is 8.07 Å². The third-order valence-corrected chi connectivity index (χ3v) is 12.8. The van der Waals surface area contributed by atoms with E-state index in [0.717, 1.165) is 22.5 Å². The van der Waals surface area contributed by atoms with Gasteiger partial charge < -0.3 is 4.57 Å². The van der Waals surface area contributed by atoms with Crippen LogP contribution in [0, 0.1) is 26.0 Å². The summed E-state index contributed by atoms with van der Waals surface area (Å²) in [5, 5.41) is 4.89. The molecule has 0 unspecified atom stereocenters. The molecule has 0 radical (unpaired) electrons. The Morgan fingerprint density at radius 1 is 0.681 bits per heavy atom. The van der Waals surface area contributed by atoms with Crippen LogP contribution in [0.1, 0.15) is 11.1 Å². The second-order valence-electron chi connectivity index (χ2n) is 12.8. The van der Waals surface area contributed by atoms with E-state index in [1.807, 2.05) is 6.20 Å². The fourth-order valence-electron chi connectivity index (χ4n) is 7.02. The number of hydrogen-bond acceptors (Lipinski definition) is 1. The largest absolute Gasteiger partial charge is 0.319 e. The molecule has 0 fully saturated rings. The second-order valence-corrected chi connectivity index (χ2v) is 17.1. The Kier molecular flexibility index (Phi) is 7.86. The van der Waals surface area contributed by atoms with Crippen LogP contribution < -0.4 is 10.4 Å². The van der Waals surface area contributed by atoms with Gasteiger partial charge >= 0.3 is 0 Å². The summed E-state index contributed by atoms with van der Waals surface area (Å²) < 4.78 is 6.70. The van der Waals surface area contributed by atoms with Crippen LogP contribution in [-0.4, -0.2) is 26.8 Å². The molecule has 0 aliphatic rings. The molecule has 4 nitrogen and oxygen atoms in total. The number of benzene rings is 5. The van der Waals surface area contributed by atoms with Crippen molar-refractivity contribution in [2.24, 2.45) is 7.05 Å². The zero-order valence-corrected chi connectivity index (χ0v) is 30.4. The summed E-state index contributed by atoms with van der Waals surface area (Å²) in [6.07, 6.45) is 4.08. The van der Waals surface area contributed by atoms with Gasteiger partial charge in [-0.3, -0.25) is 0 Å². The maximum absolute atomic E-state index is 4.93. The molecule has 0 saturated heterocycles. The van der Waals surface area contributed by atoms with Crippen LogP contribution in [0.25, 0.3) is 55.5 Å². The van der Waals surface area contributed by atoms with Crippen LogP contribution in [-0.2, 0) is 28.1 Å². The fraction of sp³-hybridized carbons (Fsp3) is 0.122. The summed E-state index contributed by atoms with van der Waals surface area (Å²) in [6, 6.07) is 46.9. The van der Waals surface area contributed by atoms with Gasteiger partial charge in [0.05, 0.1) is 8.07 Å². The molecule has 8 aromatic rings. The van der Waals surface area contributed by atoms with Gasteiger partial charge in [-0.1, -0.05) is 55.0 Å². The van der Waals surface area contributed by atoms with E-state index in [2.05, 4.69) is 175 Å². The normalized spacial score (nSPS) is 11.8. The Hall–Kier alpha value is -4.57. The van der Waals surface area contributed by atoms with E-state index in [0.29, 0.717) is 0 Å². The van der Waals surface area contributed by atoms with Crippen LogP contribution in [0.15, 0.2) is 122 Å². The number of imidazole rings is 1. The Balaban J connectivity index is 0.00000351. The molecule has 0 amide bonds. The maximum Gasteiger partial charge on any atom is 0.188 e. The number of rotatable bonds is 5. The minimum Gasteiger partial charge on any atom is -0.319 e. The predicted molar refractivity (Wildman–Crippen MR) is 195 cm³/mol. The van der Waals surface area contributed by atoms with E-state index in [-0.39, 0.29) is 21.1 Å². The average Bonchev–Trinajstić information content (AvgIpc) is 3.59. The Morgan fingerprint density at radius 3 is 2.15 bits per heavy atom. The first kappa shape index (κ1) is 31.0. The van der Waals surface area contributed by atoms with E-state index in [1.165, 1.54) is 54.4 Å². The fourth-order valence-corrected chi connectivity index (χ4v) is 9.20. The average molecular weight is 807 g/mol. The molecular weight excluding hydrogens is 772 g/mol. The zero-order chi connectivity index (χ0) is 31.6. The van der Waals surface area contributed by atoms with Gasteiger partial charge in [0, 0.05) is 57.6 Å². The van der Waals surface area contributed by atoms with Gasteiger partial charge in [0.1, 0.15) is 5.82 Å². The summed E-state index contributed by atoms with van der Waals surface area (Å²) in [5.74, 6) is 0.903. The molecule has 3 aromatic heterocycles. The van der Waals surface area contributed by atoms with Crippen molar-refractivity contribution >= 4 is 51.3 Å². The van der Waals surface area contributed by atoms with Gasteiger partial charge in [0.15, 0.2) is 17.4 Å². The molecule has 0 saturated carbocycles. The zero-order valence-electron chi connectivity index (χ0n) is 27.2. The molecule has 3 heterocycles. The van der Waals surface area contributed by atoms with Crippen LogP contribution in [0.2, 0.25) is 13.1 Å². The summed E-state index contributed by atoms with van der Waals surface area (Å²) >= 11 is 0. The smallest absolute Gasteiger partial charge is 0.188 e. The monoisotopic (exact) mass is 806 g/mol. The van der Waals surface area contributed by atoms with Crippen molar-refractivity contribution in [3.8, 4) is 22.6 Å². The van der Waals surface area contributed by atoms with Gasteiger partial charge in [-0.15, -0.1) is 17.5 Å². The molecule has 0 bridgehead atoms. The van der Waals surface area contributed by atoms with Crippen molar-refractivity contribution in [1.82, 2.24) is 18.7 Å². The van der Waals surface area contributed by atoms with E-state index in [1.54, 1.807) is 0 Å².